The molecule has 0 aliphatic carbocycles. The van der Waals surface area contributed by atoms with E-state index >= 15 is 0 Å². The Hall–Kier alpha value is -2.69. The molecule has 2 aromatic rings. The Labute approximate surface area is 130 Å². The van der Waals surface area contributed by atoms with E-state index in [0.717, 1.165) is 17.0 Å². The van der Waals surface area contributed by atoms with Gasteiger partial charge in [-0.2, -0.15) is 0 Å². The summed E-state index contributed by atoms with van der Waals surface area (Å²) >= 11 is 0. The van der Waals surface area contributed by atoms with Crippen LogP contribution in [-0.2, 0) is 0 Å². The second-order valence-electron chi connectivity index (χ2n) is 4.77. The van der Waals surface area contributed by atoms with Gasteiger partial charge in [0.15, 0.2) is 0 Å². The lowest BCUT2D eigenvalue weighted by molar-refractivity contribution is 0.247. The van der Waals surface area contributed by atoms with E-state index in [2.05, 4.69) is 10.6 Å². The topological polar surface area (TPSA) is 59.6 Å². The van der Waals surface area contributed by atoms with Gasteiger partial charge in [-0.1, -0.05) is 23.8 Å². The van der Waals surface area contributed by atoms with Crippen molar-refractivity contribution in [1.82, 2.24) is 5.32 Å². The summed E-state index contributed by atoms with van der Waals surface area (Å²) in [5.74, 6) is 1.45. The average Bonchev–Trinajstić information content (AvgIpc) is 2.54. The first-order valence-electron chi connectivity index (χ1n) is 7.06. The van der Waals surface area contributed by atoms with Crippen molar-refractivity contribution in [2.75, 3.05) is 25.6 Å². The molecule has 0 radical (unpaired) electrons. The van der Waals surface area contributed by atoms with Crippen LogP contribution in [0, 0.1) is 6.92 Å². The van der Waals surface area contributed by atoms with Crippen molar-refractivity contribution in [3.8, 4) is 11.5 Å². The third kappa shape index (κ3) is 5.01. The van der Waals surface area contributed by atoms with Gasteiger partial charge in [-0.3, -0.25) is 0 Å². The first kappa shape index (κ1) is 15.7. The fourth-order valence-corrected chi connectivity index (χ4v) is 1.84. The minimum Gasteiger partial charge on any atom is -0.497 e. The van der Waals surface area contributed by atoms with Crippen LogP contribution in [0.1, 0.15) is 5.56 Å². The highest BCUT2D eigenvalue weighted by atomic mass is 16.5. The molecule has 5 nitrogen and oxygen atoms in total. The molecule has 0 heterocycles. The number of carbonyl (C=O) groups excluding carboxylic acids is 1. The van der Waals surface area contributed by atoms with Gasteiger partial charge in [0.2, 0.25) is 0 Å². The third-order valence-electron chi connectivity index (χ3n) is 3.01. The molecule has 2 N–H and O–H groups in total. The molecule has 2 amide bonds. The molecular weight excluding hydrogens is 280 g/mol. The standard InChI is InChI=1S/C17H20N2O3/c1-13-6-8-14(9-7-13)19-17(20)18-10-11-22-16-5-3-4-15(12-16)21-2/h3-9,12H,10-11H2,1-2H3,(H2,18,19,20). The first-order valence-corrected chi connectivity index (χ1v) is 7.06. The van der Waals surface area contributed by atoms with Gasteiger partial charge in [0.05, 0.1) is 13.7 Å². The average molecular weight is 300 g/mol. The minimum absolute atomic E-state index is 0.252. The zero-order chi connectivity index (χ0) is 15.8. The molecule has 22 heavy (non-hydrogen) atoms. The van der Waals surface area contributed by atoms with Crippen LogP contribution >= 0.6 is 0 Å². The van der Waals surface area contributed by atoms with E-state index in [9.17, 15) is 4.79 Å². The number of methoxy groups -OCH3 is 1. The maximum Gasteiger partial charge on any atom is 0.319 e. The van der Waals surface area contributed by atoms with Crippen molar-refractivity contribution in [3.63, 3.8) is 0 Å². The smallest absolute Gasteiger partial charge is 0.319 e. The van der Waals surface area contributed by atoms with Crippen molar-refractivity contribution in [1.29, 1.82) is 0 Å². The summed E-state index contributed by atoms with van der Waals surface area (Å²) in [5.41, 5.74) is 1.91. The number of amides is 2. The van der Waals surface area contributed by atoms with E-state index in [1.165, 1.54) is 0 Å². The number of nitrogens with one attached hydrogen (secondary N) is 2. The minimum atomic E-state index is -0.252. The summed E-state index contributed by atoms with van der Waals surface area (Å²) in [7, 11) is 1.61. The molecule has 116 valence electrons. The van der Waals surface area contributed by atoms with E-state index in [1.54, 1.807) is 13.2 Å². The van der Waals surface area contributed by atoms with Gasteiger partial charge < -0.3 is 20.1 Å². The van der Waals surface area contributed by atoms with Crippen LogP contribution in [0.2, 0.25) is 0 Å². The van der Waals surface area contributed by atoms with Crippen LogP contribution < -0.4 is 20.1 Å². The first-order chi connectivity index (χ1) is 10.7. The number of carbonyl (C=O) groups is 1. The number of rotatable bonds is 6. The Morgan fingerprint density at radius 2 is 1.82 bits per heavy atom. The van der Waals surface area contributed by atoms with Crippen molar-refractivity contribution in [2.24, 2.45) is 0 Å². The molecule has 0 aliphatic rings. The maximum absolute atomic E-state index is 11.7. The van der Waals surface area contributed by atoms with Crippen LogP contribution in [0.4, 0.5) is 10.5 Å². The number of aryl methyl sites for hydroxylation is 1. The van der Waals surface area contributed by atoms with Crippen molar-refractivity contribution >= 4 is 11.7 Å². The number of hydrogen-bond donors (Lipinski definition) is 2. The van der Waals surface area contributed by atoms with E-state index < -0.39 is 0 Å². The monoisotopic (exact) mass is 300 g/mol. The van der Waals surface area contributed by atoms with Crippen molar-refractivity contribution in [2.45, 2.75) is 6.92 Å². The zero-order valence-corrected chi connectivity index (χ0v) is 12.8. The molecule has 0 aromatic heterocycles. The van der Waals surface area contributed by atoms with Crippen molar-refractivity contribution < 1.29 is 14.3 Å². The second kappa shape index (κ2) is 7.93. The summed E-state index contributed by atoms with van der Waals surface area (Å²) in [6, 6.07) is 14.7. The molecule has 0 saturated heterocycles. The Morgan fingerprint density at radius 1 is 1.09 bits per heavy atom. The fourth-order valence-electron chi connectivity index (χ4n) is 1.84. The molecule has 0 fully saturated rings. The SMILES string of the molecule is COc1cccc(OCCNC(=O)Nc2ccc(C)cc2)c1. The molecule has 0 spiro atoms. The number of benzene rings is 2. The molecule has 0 unspecified atom stereocenters. The Balaban J connectivity index is 1.69. The molecule has 2 aromatic carbocycles. The quantitative estimate of drug-likeness (QED) is 0.805. The van der Waals surface area contributed by atoms with E-state index in [1.807, 2.05) is 49.4 Å². The van der Waals surface area contributed by atoms with Crippen LogP contribution in [0.3, 0.4) is 0 Å². The van der Waals surface area contributed by atoms with Crippen LogP contribution in [0.25, 0.3) is 0 Å². The Bertz CT molecular complexity index is 612. The number of ether oxygens (including phenoxy) is 2. The van der Waals surface area contributed by atoms with Gasteiger partial charge in [-0.15, -0.1) is 0 Å². The summed E-state index contributed by atoms with van der Waals surface area (Å²) in [5, 5.41) is 5.50. The molecule has 0 atom stereocenters. The molecule has 2 rings (SSSR count). The summed E-state index contributed by atoms with van der Waals surface area (Å²) in [6.45, 7) is 2.79. The second-order valence-corrected chi connectivity index (χ2v) is 4.77. The lowest BCUT2D eigenvalue weighted by Crippen LogP contribution is -2.32. The van der Waals surface area contributed by atoms with Gasteiger partial charge in [0, 0.05) is 11.8 Å². The predicted octanol–water partition coefficient (Wildman–Crippen LogP) is 3.20. The normalized spacial score (nSPS) is 9.91. The fraction of sp³-hybridized carbons (Fsp3) is 0.235. The molecule has 0 aliphatic heterocycles. The summed E-state index contributed by atoms with van der Waals surface area (Å²) < 4.78 is 10.7. The lowest BCUT2D eigenvalue weighted by atomic mass is 10.2. The highest BCUT2D eigenvalue weighted by Crippen LogP contribution is 2.18. The molecule has 0 saturated carbocycles. The Morgan fingerprint density at radius 3 is 2.55 bits per heavy atom. The molecule has 0 bridgehead atoms. The van der Waals surface area contributed by atoms with Crippen molar-refractivity contribution in [3.05, 3.63) is 54.1 Å². The zero-order valence-electron chi connectivity index (χ0n) is 12.8. The molecule has 5 heteroatoms. The van der Waals surface area contributed by atoms with Gasteiger partial charge in [-0.25, -0.2) is 4.79 Å². The van der Waals surface area contributed by atoms with Crippen LogP contribution in [0.15, 0.2) is 48.5 Å². The van der Waals surface area contributed by atoms with E-state index in [0.29, 0.717) is 18.9 Å². The van der Waals surface area contributed by atoms with E-state index in [-0.39, 0.29) is 6.03 Å². The number of anilines is 1. The maximum atomic E-state index is 11.7. The summed E-state index contributed by atoms with van der Waals surface area (Å²) in [6.07, 6.45) is 0. The largest absolute Gasteiger partial charge is 0.497 e. The van der Waals surface area contributed by atoms with Gasteiger partial charge in [-0.05, 0) is 31.2 Å². The number of hydrogen-bond acceptors (Lipinski definition) is 3. The van der Waals surface area contributed by atoms with E-state index in [4.69, 9.17) is 9.47 Å². The van der Waals surface area contributed by atoms with Gasteiger partial charge in [0.1, 0.15) is 18.1 Å². The molecular formula is C17H20N2O3. The highest BCUT2D eigenvalue weighted by molar-refractivity contribution is 5.89. The lowest BCUT2D eigenvalue weighted by Gasteiger charge is -2.10. The third-order valence-corrected chi connectivity index (χ3v) is 3.01. The predicted molar refractivity (Wildman–Crippen MR) is 86.7 cm³/mol. The van der Waals surface area contributed by atoms with Gasteiger partial charge in [0.25, 0.3) is 0 Å². The van der Waals surface area contributed by atoms with Crippen LogP contribution in [-0.4, -0.2) is 26.3 Å². The summed E-state index contributed by atoms with van der Waals surface area (Å²) in [4.78, 5) is 11.7. The number of urea groups is 1. The Kier molecular flexibility index (Phi) is 5.65. The highest BCUT2D eigenvalue weighted by Gasteiger charge is 2.01. The van der Waals surface area contributed by atoms with Crippen LogP contribution in [0.5, 0.6) is 11.5 Å². The van der Waals surface area contributed by atoms with Gasteiger partial charge >= 0.3 is 6.03 Å².